The first-order valence-corrected chi connectivity index (χ1v) is 9.60. The number of anilines is 1. The summed E-state index contributed by atoms with van der Waals surface area (Å²) in [6.07, 6.45) is 1.59. The molecule has 1 saturated heterocycles. The highest BCUT2D eigenvalue weighted by Crippen LogP contribution is 2.15. The number of likely N-dealkylation sites (N-methyl/N-ethyl adjacent to an activating group) is 1. The topological polar surface area (TPSA) is 52.7 Å². The second kappa shape index (κ2) is 9.44. The lowest BCUT2D eigenvalue weighted by Crippen LogP contribution is -2.46. The first-order valence-electron chi connectivity index (χ1n) is 9.60. The average molecular weight is 377 g/mol. The predicted molar refractivity (Wildman–Crippen MR) is 113 cm³/mol. The molecule has 1 aliphatic heterocycles. The Balaban J connectivity index is 1.55. The zero-order chi connectivity index (χ0) is 19.9. The molecule has 2 aromatic carbocycles. The molecule has 0 radical (unpaired) electrons. The average Bonchev–Trinajstić information content (AvgIpc) is 2.71. The molecule has 0 spiro atoms. The Labute approximate surface area is 166 Å². The fourth-order valence-electron chi connectivity index (χ4n) is 3.20. The maximum atomic E-state index is 12.5. The Kier molecular flexibility index (Phi) is 6.74. The standard InChI is InChI=1S/C23H27N3O2/c1-18(19-6-4-3-5-7-19)16-23(28)24-21-10-8-20(9-11-21)22(27)17-26-14-12-25(2)13-15-26/h3-11,16H,12-15,17H2,1-2H3,(H,24,28)/b18-16+. The Bertz CT molecular complexity index is 836. The van der Waals surface area contributed by atoms with Crippen LogP contribution in [0.15, 0.2) is 60.7 Å². The van der Waals surface area contributed by atoms with Gasteiger partial charge in [0.05, 0.1) is 6.54 Å². The molecule has 1 amide bonds. The summed E-state index contributed by atoms with van der Waals surface area (Å²) in [4.78, 5) is 29.2. The Morgan fingerprint density at radius 2 is 1.57 bits per heavy atom. The van der Waals surface area contributed by atoms with Gasteiger partial charge in [-0.15, -0.1) is 0 Å². The number of amides is 1. The SMILES string of the molecule is C/C(=C\C(=O)Nc1ccc(C(=O)CN2CCN(C)CC2)cc1)c1ccccc1. The Morgan fingerprint density at radius 3 is 2.21 bits per heavy atom. The molecule has 0 atom stereocenters. The number of piperazine rings is 1. The van der Waals surface area contributed by atoms with Crippen LogP contribution in [0.4, 0.5) is 5.69 Å². The van der Waals surface area contributed by atoms with Gasteiger partial charge in [-0.05, 0) is 49.4 Å². The van der Waals surface area contributed by atoms with E-state index in [4.69, 9.17) is 0 Å². The molecular formula is C23H27N3O2. The van der Waals surface area contributed by atoms with Crippen LogP contribution in [0.25, 0.3) is 5.57 Å². The van der Waals surface area contributed by atoms with Crippen molar-refractivity contribution in [1.82, 2.24) is 9.80 Å². The summed E-state index contributed by atoms with van der Waals surface area (Å²) in [5.41, 5.74) is 3.27. The second-order valence-electron chi connectivity index (χ2n) is 7.26. The van der Waals surface area contributed by atoms with Gasteiger partial charge in [-0.3, -0.25) is 14.5 Å². The van der Waals surface area contributed by atoms with Crippen LogP contribution < -0.4 is 5.32 Å². The molecular weight excluding hydrogens is 350 g/mol. The third-order valence-corrected chi connectivity index (χ3v) is 5.01. The van der Waals surface area contributed by atoms with Gasteiger partial charge in [0.2, 0.25) is 5.91 Å². The molecule has 5 nitrogen and oxygen atoms in total. The number of benzene rings is 2. The van der Waals surface area contributed by atoms with Crippen LogP contribution in [-0.4, -0.2) is 61.3 Å². The van der Waals surface area contributed by atoms with E-state index in [1.54, 1.807) is 30.3 Å². The number of rotatable bonds is 6. The van der Waals surface area contributed by atoms with Gasteiger partial charge in [0, 0.05) is 43.5 Å². The number of carbonyl (C=O) groups excluding carboxylic acids is 2. The number of nitrogens with one attached hydrogen (secondary N) is 1. The number of Topliss-reactive ketones (excluding diaryl/α,β-unsaturated/α-hetero) is 1. The quantitative estimate of drug-likeness (QED) is 0.621. The lowest BCUT2D eigenvalue weighted by Gasteiger charge is -2.31. The van der Waals surface area contributed by atoms with E-state index in [-0.39, 0.29) is 11.7 Å². The molecule has 0 unspecified atom stereocenters. The van der Waals surface area contributed by atoms with Crippen molar-refractivity contribution in [3.8, 4) is 0 Å². The van der Waals surface area contributed by atoms with Crippen molar-refractivity contribution in [1.29, 1.82) is 0 Å². The van der Waals surface area contributed by atoms with Gasteiger partial charge in [0.1, 0.15) is 0 Å². The smallest absolute Gasteiger partial charge is 0.248 e. The normalized spacial score (nSPS) is 16.0. The monoisotopic (exact) mass is 377 g/mol. The van der Waals surface area contributed by atoms with Crippen molar-refractivity contribution in [2.24, 2.45) is 0 Å². The highest BCUT2D eigenvalue weighted by Gasteiger charge is 2.17. The van der Waals surface area contributed by atoms with E-state index in [1.807, 2.05) is 37.3 Å². The number of ketones is 1. The number of hydrogen-bond acceptors (Lipinski definition) is 4. The van der Waals surface area contributed by atoms with Gasteiger partial charge in [0.15, 0.2) is 5.78 Å². The van der Waals surface area contributed by atoms with Crippen molar-refractivity contribution in [3.63, 3.8) is 0 Å². The largest absolute Gasteiger partial charge is 0.323 e. The van der Waals surface area contributed by atoms with Gasteiger partial charge >= 0.3 is 0 Å². The Hall–Kier alpha value is -2.76. The molecule has 5 heteroatoms. The molecule has 1 aliphatic rings. The van der Waals surface area contributed by atoms with E-state index >= 15 is 0 Å². The Morgan fingerprint density at radius 1 is 0.929 bits per heavy atom. The maximum absolute atomic E-state index is 12.5. The van der Waals surface area contributed by atoms with Gasteiger partial charge in [-0.1, -0.05) is 30.3 Å². The van der Waals surface area contributed by atoms with Crippen LogP contribution in [0.1, 0.15) is 22.8 Å². The third-order valence-electron chi connectivity index (χ3n) is 5.01. The molecule has 0 bridgehead atoms. The van der Waals surface area contributed by atoms with Gasteiger partial charge in [-0.2, -0.15) is 0 Å². The van der Waals surface area contributed by atoms with Crippen molar-refractivity contribution in [2.45, 2.75) is 6.92 Å². The predicted octanol–water partition coefficient (Wildman–Crippen LogP) is 3.16. The van der Waals surface area contributed by atoms with Gasteiger partial charge in [0.25, 0.3) is 0 Å². The van der Waals surface area contributed by atoms with Crippen molar-refractivity contribution < 1.29 is 9.59 Å². The fourth-order valence-corrected chi connectivity index (χ4v) is 3.20. The van der Waals surface area contributed by atoms with E-state index in [1.165, 1.54) is 0 Å². The fraction of sp³-hybridized carbons (Fsp3) is 0.304. The van der Waals surface area contributed by atoms with Crippen molar-refractivity contribution in [2.75, 3.05) is 45.1 Å². The summed E-state index contributed by atoms with van der Waals surface area (Å²) in [6, 6.07) is 16.9. The molecule has 2 aromatic rings. The van der Waals surface area contributed by atoms with Crippen LogP contribution in [0.2, 0.25) is 0 Å². The number of carbonyl (C=O) groups is 2. The van der Waals surface area contributed by atoms with Gasteiger partial charge in [-0.25, -0.2) is 0 Å². The molecule has 3 rings (SSSR count). The van der Waals surface area contributed by atoms with Crippen molar-refractivity contribution >= 4 is 23.0 Å². The van der Waals surface area contributed by atoms with Crippen molar-refractivity contribution in [3.05, 3.63) is 71.8 Å². The highest BCUT2D eigenvalue weighted by atomic mass is 16.1. The summed E-state index contributed by atoms with van der Waals surface area (Å²) in [5.74, 6) is -0.0693. The van der Waals surface area contributed by atoms with E-state index in [0.29, 0.717) is 17.8 Å². The first-order chi connectivity index (χ1) is 13.5. The van der Waals surface area contributed by atoms with Crippen LogP contribution in [-0.2, 0) is 4.79 Å². The minimum absolute atomic E-state index is 0.113. The molecule has 1 fully saturated rings. The summed E-state index contributed by atoms with van der Waals surface area (Å²) in [7, 11) is 2.10. The van der Waals surface area contributed by atoms with E-state index in [9.17, 15) is 9.59 Å². The summed E-state index contributed by atoms with van der Waals surface area (Å²) in [6.45, 7) is 6.18. The van der Waals surface area contributed by atoms with Crippen LogP contribution in [0, 0.1) is 0 Å². The molecule has 28 heavy (non-hydrogen) atoms. The number of nitrogens with zero attached hydrogens (tertiary/aromatic N) is 2. The maximum Gasteiger partial charge on any atom is 0.248 e. The zero-order valence-electron chi connectivity index (χ0n) is 16.5. The lowest BCUT2D eigenvalue weighted by molar-refractivity contribution is -0.111. The molecule has 1 heterocycles. The van der Waals surface area contributed by atoms with Gasteiger partial charge < -0.3 is 10.2 Å². The van der Waals surface area contributed by atoms with Crippen LogP contribution in [0.5, 0.6) is 0 Å². The molecule has 0 aromatic heterocycles. The second-order valence-corrected chi connectivity index (χ2v) is 7.26. The molecule has 146 valence electrons. The van der Waals surface area contributed by atoms with E-state index in [2.05, 4.69) is 22.2 Å². The summed E-state index contributed by atoms with van der Waals surface area (Å²) < 4.78 is 0. The minimum atomic E-state index is -0.183. The zero-order valence-corrected chi connectivity index (χ0v) is 16.5. The minimum Gasteiger partial charge on any atom is -0.323 e. The number of allylic oxidation sites excluding steroid dienone is 1. The van der Waals surface area contributed by atoms with E-state index < -0.39 is 0 Å². The molecule has 0 aliphatic carbocycles. The number of hydrogen-bond donors (Lipinski definition) is 1. The highest BCUT2D eigenvalue weighted by molar-refractivity contribution is 6.04. The third kappa shape index (κ3) is 5.62. The summed E-state index contributed by atoms with van der Waals surface area (Å²) >= 11 is 0. The first kappa shape index (κ1) is 20.0. The molecule has 1 N–H and O–H groups in total. The molecule has 0 saturated carbocycles. The summed E-state index contributed by atoms with van der Waals surface area (Å²) in [5, 5.41) is 2.85. The lowest BCUT2D eigenvalue weighted by atomic mass is 10.1. The van der Waals surface area contributed by atoms with Crippen LogP contribution in [0.3, 0.4) is 0 Å². The van der Waals surface area contributed by atoms with E-state index in [0.717, 1.165) is 37.3 Å². The van der Waals surface area contributed by atoms with Crippen LogP contribution >= 0.6 is 0 Å².